The number of rotatable bonds is 1. The summed E-state index contributed by atoms with van der Waals surface area (Å²) in [5.74, 6) is 0.894. The standard InChI is InChI=1S/C9H11NO2/c1-11-9-6-12-8-5-3-2-4-7(8)10-9/h2-5,9-10H,6H2,1H3. The van der Waals surface area contributed by atoms with Crippen molar-refractivity contribution in [3.05, 3.63) is 24.3 Å². The Bertz CT molecular complexity index is 275. The normalized spacial score (nSPS) is 20.6. The lowest BCUT2D eigenvalue weighted by molar-refractivity contribution is 0.0704. The van der Waals surface area contributed by atoms with E-state index >= 15 is 0 Å². The van der Waals surface area contributed by atoms with Crippen LogP contribution in [0.4, 0.5) is 5.69 Å². The molecule has 0 bridgehead atoms. The smallest absolute Gasteiger partial charge is 0.161 e. The Morgan fingerprint density at radius 1 is 1.50 bits per heavy atom. The zero-order chi connectivity index (χ0) is 8.39. The molecule has 1 aliphatic rings. The molecule has 1 heterocycles. The van der Waals surface area contributed by atoms with Crippen molar-refractivity contribution in [3.8, 4) is 5.75 Å². The number of methoxy groups -OCH3 is 1. The lowest BCUT2D eigenvalue weighted by Crippen LogP contribution is -2.32. The van der Waals surface area contributed by atoms with Crippen LogP contribution in [-0.4, -0.2) is 19.9 Å². The molecule has 1 aromatic carbocycles. The molecule has 1 N–H and O–H groups in total. The van der Waals surface area contributed by atoms with Gasteiger partial charge < -0.3 is 14.8 Å². The van der Waals surface area contributed by atoms with Crippen LogP contribution in [0.1, 0.15) is 0 Å². The first kappa shape index (κ1) is 7.43. The second-order valence-corrected chi connectivity index (χ2v) is 2.68. The Labute approximate surface area is 71.3 Å². The number of ether oxygens (including phenoxy) is 2. The minimum atomic E-state index is -0.0279. The molecule has 0 saturated carbocycles. The van der Waals surface area contributed by atoms with Gasteiger partial charge in [-0.25, -0.2) is 0 Å². The van der Waals surface area contributed by atoms with Crippen LogP contribution in [0.3, 0.4) is 0 Å². The van der Waals surface area contributed by atoms with E-state index in [0.717, 1.165) is 11.4 Å². The molecule has 0 amide bonds. The second kappa shape index (κ2) is 3.03. The number of anilines is 1. The monoisotopic (exact) mass is 165 g/mol. The fraction of sp³-hybridized carbons (Fsp3) is 0.333. The van der Waals surface area contributed by atoms with E-state index in [1.807, 2.05) is 24.3 Å². The highest BCUT2D eigenvalue weighted by atomic mass is 16.5. The number of hydrogen-bond donors (Lipinski definition) is 1. The van der Waals surface area contributed by atoms with E-state index in [2.05, 4.69) is 5.32 Å². The van der Waals surface area contributed by atoms with Crippen LogP contribution in [0.5, 0.6) is 5.75 Å². The highest BCUT2D eigenvalue weighted by Crippen LogP contribution is 2.27. The molecule has 1 atom stereocenters. The molecule has 0 aromatic heterocycles. The maximum absolute atomic E-state index is 5.44. The highest BCUT2D eigenvalue weighted by Gasteiger charge is 2.16. The minimum Gasteiger partial charge on any atom is -0.487 e. The molecule has 0 spiro atoms. The van der Waals surface area contributed by atoms with Crippen LogP contribution >= 0.6 is 0 Å². The topological polar surface area (TPSA) is 30.5 Å². The van der Waals surface area contributed by atoms with E-state index in [1.165, 1.54) is 0 Å². The van der Waals surface area contributed by atoms with E-state index in [9.17, 15) is 0 Å². The summed E-state index contributed by atoms with van der Waals surface area (Å²) in [6.07, 6.45) is -0.0279. The third-order valence-corrected chi connectivity index (χ3v) is 1.88. The number of fused-ring (bicyclic) bond motifs is 1. The first-order chi connectivity index (χ1) is 5.90. The molecule has 0 fully saturated rings. The van der Waals surface area contributed by atoms with Crippen molar-refractivity contribution in [2.45, 2.75) is 6.23 Å². The number of benzene rings is 1. The molecule has 1 aromatic rings. The van der Waals surface area contributed by atoms with E-state index in [1.54, 1.807) is 7.11 Å². The fourth-order valence-corrected chi connectivity index (χ4v) is 1.22. The summed E-state index contributed by atoms with van der Waals surface area (Å²) < 4.78 is 10.6. The van der Waals surface area contributed by atoms with Gasteiger partial charge in [-0.05, 0) is 12.1 Å². The molecule has 64 valence electrons. The summed E-state index contributed by atoms with van der Waals surface area (Å²) in [6, 6.07) is 7.83. The SMILES string of the molecule is COC1COc2ccccc2N1. The van der Waals surface area contributed by atoms with Gasteiger partial charge in [-0.3, -0.25) is 0 Å². The van der Waals surface area contributed by atoms with Gasteiger partial charge in [0.25, 0.3) is 0 Å². The zero-order valence-electron chi connectivity index (χ0n) is 6.91. The molecular weight excluding hydrogens is 154 g/mol. The average Bonchev–Trinajstić information content (AvgIpc) is 2.17. The van der Waals surface area contributed by atoms with Gasteiger partial charge in [0.05, 0.1) is 5.69 Å². The maximum atomic E-state index is 5.44. The maximum Gasteiger partial charge on any atom is 0.161 e. The Morgan fingerprint density at radius 2 is 2.33 bits per heavy atom. The number of hydrogen-bond acceptors (Lipinski definition) is 3. The van der Waals surface area contributed by atoms with Crippen molar-refractivity contribution in [1.29, 1.82) is 0 Å². The molecule has 1 aliphatic heterocycles. The molecule has 12 heavy (non-hydrogen) atoms. The summed E-state index contributed by atoms with van der Waals surface area (Å²) in [4.78, 5) is 0. The molecule has 3 heteroatoms. The van der Waals surface area contributed by atoms with Crippen molar-refractivity contribution in [1.82, 2.24) is 0 Å². The first-order valence-electron chi connectivity index (χ1n) is 3.91. The van der Waals surface area contributed by atoms with Crippen LogP contribution < -0.4 is 10.1 Å². The largest absolute Gasteiger partial charge is 0.487 e. The van der Waals surface area contributed by atoms with Gasteiger partial charge in [0.2, 0.25) is 0 Å². The van der Waals surface area contributed by atoms with E-state index < -0.39 is 0 Å². The summed E-state index contributed by atoms with van der Waals surface area (Å²) >= 11 is 0. The molecule has 2 rings (SSSR count). The highest BCUT2D eigenvalue weighted by molar-refractivity contribution is 5.57. The minimum absolute atomic E-state index is 0.0279. The van der Waals surface area contributed by atoms with E-state index in [4.69, 9.17) is 9.47 Å². The van der Waals surface area contributed by atoms with Crippen molar-refractivity contribution in [2.75, 3.05) is 19.0 Å². The van der Waals surface area contributed by atoms with Gasteiger partial charge in [0.1, 0.15) is 12.4 Å². The van der Waals surface area contributed by atoms with Crippen LogP contribution in [0.15, 0.2) is 24.3 Å². The summed E-state index contributed by atoms with van der Waals surface area (Å²) in [5, 5.41) is 3.20. The summed E-state index contributed by atoms with van der Waals surface area (Å²) in [7, 11) is 1.66. The zero-order valence-corrected chi connectivity index (χ0v) is 6.91. The summed E-state index contributed by atoms with van der Waals surface area (Å²) in [6.45, 7) is 0.563. The third kappa shape index (κ3) is 1.23. The second-order valence-electron chi connectivity index (χ2n) is 2.68. The van der Waals surface area contributed by atoms with Gasteiger partial charge in [-0.15, -0.1) is 0 Å². The Kier molecular flexibility index (Phi) is 1.87. The lowest BCUT2D eigenvalue weighted by atomic mass is 10.2. The van der Waals surface area contributed by atoms with E-state index in [-0.39, 0.29) is 6.23 Å². The lowest BCUT2D eigenvalue weighted by Gasteiger charge is -2.25. The van der Waals surface area contributed by atoms with Crippen molar-refractivity contribution in [2.24, 2.45) is 0 Å². The first-order valence-corrected chi connectivity index (χ1v) is 3.91. The average molecular weight is 165 g/mol. The summed E-state index contributed by atoms with van der Waals surface area (Å²) in [5.41, 5.74) is 0.996. The van der Waals surface area contributed by atoms with Crippen LogP contribution in [0.2, 0.25) is 0 Å². The van der Waals surface area contributed by atoms with Gasteiger partial charge in [-0.1, -0.05) is 12.1 Å². The molecule has 0 radical (unpaired) electrons. The predicted octanol–water partition coefficient (Wildman–Crippen LogP) is 1.46. The van der Waals surface area contributed by atoms with Gasteiger partial charge in [-0.2, -0.15) is 0 Å². The Morgan fingerprint density at radius 3 is 3.17 bits per heavy atom. The predicted molar refractivity (Wildman–Crippen MR) is 46.4 cm³/mol. The van der Waals surface area contributed by atoms with Crippen molar-refractivity contribution in [3.63, 3.8) is 0 Å². The molecule has 1 unspecified atom stereocenters. The van der Waals surface area contributed by atoms with Crippen LogP contribution in [0, 0.1) is 0 Å². The van der Waals surface area contributed by atoms with Gasteiger partial charge >= 0.3 is 0 Å². The number of para-hydroxylation sites is 2. The Hall–Kier alpha value is -1.22. The van der Waals surface area contributed by atoms with Crippen molar-refractivity contribution >= 4 is 5.69 Å². The van der Waals surface area contributed by atoms with Crippen LogP contribution in [-0.2, 0) is 4.74 Å². The van der Waals surface area contributed by atoms with Gasteiger partial charge in [0.15, 0.2) is 6.23 Å². The van der Waals surface area contributed by atoms with Gasteiger partial charge in [0, 0.05) is 7.11 Å². The Balaban J connectivity index is 2.23. The van der Waals surface area contributed by atoms with Crippen LogP contribution in [0.25, 0.3) is 0 Å². The fourth-order valence-electron chi connectivity index (χ4n) is 1.22. The molecule has 0 aliphatic carbocycles. The molecule has 0 saturated heterocycles. The number of nitrogens with one attached hydrogen (secondary N) is 1. The molecule has 3 nitrogen and oxygen atoms in total. The third-order valence-electron chi connectivity index (χ3n) is 1.88. The van der Waals surface area contributed by atoms with Crippen molar-refractivity contribution < 1.29 is 9.47 Å². The van der Waals surface area contributed by atoms with E-state index in [0.29, 0.717) is 6.61 Å². The quantitative estimate of drug-likeness (QED) is 0.683. The molecular formula is C9H11NO2.